The van der Waals surface area contributed by atoms with Gasteiger partial charge in [0.25, 0.3) is 0 Å². The van der Waals surface area contributed by atoms with Crippen LogP contribution in [0.1, 0.15) is 12.0 Å². The van der Waals surface area contributed by atoms with Crippen LogP contribution in [0, 0.1) is 11.8 Å². The second-order valence-electron chi connectivity index (χ2n) is 2.64. The lowest BCUT2D eigenvalue weighted by Crippen LogP contribution is -1.84. The van der Waals surface area contributed by atoms with Crippen LogP contribution in [-0.4, -0.2) is 16.8 Å². The average molecular weight is 176 g/mol. The lowest BCUT2D eigenvalue weighted by atomic mass is 10.1. The standard InChI is InChI=1S/C11H12O2/c12-9-5-1-2-6-10-7-3-4-8-11(10)13/h3-4,7-8,12-13H,2,6,9H2. The van der Waals surface area contributed by atoms with Crippen LogP contribution in [0.25, 0.3) is 0 Å². The first kappa shape index (κ1) is 9.63. The number of aliphatic hydroxyl groups is 1. The van der Waals surface area contributed by atoms with Gasteiger partial charge >= 0.3 is 0 Å². The smallest absolute Gasteiger partial charge is 0.118 e. The van der Waals surface area contributed by atoms with Gasteiger partial charge in [-0.1, -0.05) is 24.1 Å². The van der Waals surface area contributed by atoms with E-state index >= 15 is 0 Å². The largest absolute Gasteiger partial charge is 0.508 e. The Labute approximate surface area is 77.8 Å². The zero-order valence-corrected chi connectivity index (χ0v) is 7.33. The van der Waals surface area contributed by atoms with Crippen LogP contribution in [0.5, 0.6) is 5.75 Å². The molecule has 68 valence electrons. The van der Waals surface area contributed by atoms with E-state index < -0.39 is 0 Å². The van der Waals surface area contributed by atoms with Crippen molar-refractivity contribution in [3.8, 4) is 17.6 Å². The molecule has 0 fully saturated rings. The fraction of sp³-hybridized carbons (Fsp3) is 0.273. The number of phenols is 1. The molecule has 0 aliphatic carbocycles. The number of phenolic OH excluding ortho intramolecular Hbond substituents is 1. The Kier molecular flexibility index (Phi) is 3.87. The van der Waals surface area contributed by atoms with E-state index in [4.69, 9.17) is 5.11 Å². The Morgan fingerprint density at radius 1 is 1.15 bits per heavy atom. The normalized spacial score (nSPS) is 9.00. The van der Waals surface area contributed by atoms with Crippen LogP contribution in [-0.2, 0) is 6.42 Å². The molecule has 2 N–H and O–H groups in total. The van der Waals surface area contributed by atoms with Gasteiger partial charge < -0.3 is 10.2 Å². The van der Waals surface area contributed by atoms with Gasteiger partial charge in [-0.3, -0.25) is 0 Å². The molecule has 2 nitrogen and oxygen atoms in total. The van der Waals surface area contributed by atoms with Gasteiger partial charge in [0.15, 0.2) is 0 Å². The third-order valence-corrected chi connectivity index (χ3v) is 1.72. The Morgan fingerprint density at radius 3 is 2.62 bits per heavy atom. The van der Waals surface area contributed by atoms with Gasteiger partial charge in [0.2, 0.25) is 0 Å². The summed E-state index contributed by atoms with van der Waals surface area (Å²) in [7, 11) is 0. The molecule has 1 rings (SSSR count). The molecule has 1 aromatic carbocycles. The van der Waals surface area contributed by atoms with Crippen molar-refractivity contribution in [1.82, 2.24) is 0 Å². The number of hydrogen-bond donors (Lipinski definition) is 2. The number of rotatable bonds is 2. The average Bonchev–Trinajstić information content (AvgIpc) is 2.15. The molecule has 0 aliphatic rings. The maximum Gasteiger partial charge on any atom is 0.118 e. The first-order valence-corrected chi connectivity index (χ1v) is 4.18. The zero-order valence-electron chi connectivity index (χ0n) is 7.33. The quantitative estimate of drug-likeness (QED) is 0.667. The van der Waals surface area contributed by atoms with Crippen molar-refractivity contribution in [3.05, 3.63) is 29.8 Å². The van der Waals surface area contributed by atoms with E-state index in [9.17, 15) is 5.11 Å². The monoisotopic (exact) mass is 176 g/mol. The lowest BCUT2D eigenvalue weighted by molar-refractivity contribution is 0.350. The summed E-state index contributed by atoms with van der Waals surface area (Å²) >= 11 is 0. The molecule has 0 unspecified atom stereocenters. The van der Waals surface area contributed by atoms with Gasteiger partial charge in [-0.2, -0.15) is 0 Å². The van der Waals surface area contributed by atoms with Crippen molar-refractivity contribution >= 4 is 0 Å². The third-order valence-electron chi connectivity index (χ3n) is 1.72. The highest BCUT2D eigenvalue weighted by Crippen LogP contribution is 2.16. The van der Waals surface area contributed by atoms with E-state index in [0.29, 0.717) is 12.2 Å². The molecule has 1 aromatic rings. The maximum absolute atomic E-state index is 9.37. The Hall–Kier alpha value is -1.46. The number of para-hydroxylation sites is 1. The number of benzene rings is 1. The van der Waals surface area contributed by atoms with Crippen LogP contribution >= 0.6 is 0 Å². The molecule has 0 saturated carbocycles. The van der Waals surface area contributed by atoms with Gasteiger partial charge in [-0.15, -0.1) is 5.92 Å². The Balaban J connectivity index is 2.50. The van der Waals surface area contributed by atoms with Gasteiger partial charge in [-0.05, 0) is 18.1 Å². The summed E-state index contributed by atoms with van der Waals surface area (Å²) in [5.74, 6) is 5.67. The van der Waals surface area contributed by atoms with E-state index in [-0.39, 0.29) is 6.61 Å². The fourth-order valence-electron chi connectivity index (χ4n) is 1.06. The first-order valence-electron chi connectivity index (χ1n) is 4.18. The lowest BCUT2D eigenvalue weighted by Gasteiger charge is -1.99. The molecule has 13 heavy (non-hydrogen) atoms. The second-order valence-corrected chi connectivity index (χ2v) is 2.64. The molecule has 0 bridgehead atoms. The fourth-order valence-corrected chi connectivity index (χ4v) is 1.06. The zero-order chi connectivity index (χ0) is 9.52. The van der Waals surface area contributed by atoms with Crippen molar-refractivity contribution < 1.29 is 10.2 Å². The molecule has 0 atom stereocenters. The first-order chi connectivity index (χ1) is 6.34. The number of hydrogen-bond acceptors (Lipinski definition) is 2. The molecule has 0 radical (unpaired) electrons. The van der Waals surface area contributed by atoms with Crippen LogP contribution < -0.4 is 0 Å². The Bertz CT molecular complexity index is 320. The van der Waals surface area contributed by atoms with Gasteiger partial charge in [0.05, 0.1) is 0 Å². The Morgan fingerprint density at radius 2 is 1.92 bits per heavy atom. The highest BCUT2D eigenvalue weighted by molar-refractivity contribution is 5.32. The molecular weight excluding hydrogens is 164 g/mol. The summed E-state index contributed by atoms with van der Waals surface area (Å²) in [4.78, 5) is 0. The summed E-state index contributed by atoms with van der Waals surface area (Å²) in [5, 5.41) is 17.8. The topological polar surface area (TPSA) is 40.5 Å². The summed E-state index contributed by atoms with van der Waals surface area (Å²) in [5.41, 5.74) is 0.898. The molecule has 0 amide bonds. The predicted molar refractivity (Wildman–Crippen MR) is 51.3 cm³/mol. The van der Waals surface area contributed by atoms with E-state index in [1.165, 1.54) is 0 Å². The van der Waals surface area contributed by atoms with E-state index in [1.54, 1.807) is 12.1 Å². The minimum atomic E-state index is -0.0965. The summed E-state index contributed by atoms with van der Waals surface area (Å²) < 4.78 is 0. The van der Waals surface area contributed by atoms with Crippen LogP contribution in [0.2, 0.25) is 0 Å². The summed E-state index contributed by atoms with van der Waals surface area (Å²) in [6, 6.07) is 7.21. The molecular formula is C11H12O2. The highest BCUT2D eigenvalue weighted by atomic mass is 16.3. The second kappa shape index (κ2) is 5.23. The van der Waals surface area contributed by atoms with E-state index in [1.807, 2.05) is 12.1 Å². The van der Waals surface area contributed by atoms with Crippen molar-refractivity contribution in [1.29, 1.82) is 0 Å². The third kappa shape index (κ3) is 3.18. The van der Waals surface area contributed by atoms with E-state index in [2.05, 4.69) is 11.8 Å². The molecule has 0 aliphatic heterocycles. The minimum Gasteiger partial charge on any atom is -0.508 e. The maximum atomic E-state index is 9.37. The van der Waals surface area contributed by atoms with Crippen LogP contribution in [0.4, 0.5) is 0 Å². The van der Waals surface area contributed by atoms with Crippen molar-refractivity contribution in [2.45, 2.75) is 12.8 Å². The van der Waals surface area contributed by atoms with Crippen molar-refractivity contribution in [3.63, 3.8) is 0 Å². The van der Waals surface area contributed by atoms with Gasteiger partial charge in [0, 0.05) is 6.42 Å². The van der Waals surface area contributed by atoms with Gasteiger partial charge in [0.1, 0.15) is 12.4 Å². The van der Waals surface area contributed by atoms with Crippen LogP contribution in [0.15, 0.2) is 24.3 Å². The van der Waals surface area contributed by atoms with E-state index in [0.717, 1.165) is 12.0 Å². The van der Waals surface area contributed by atoms with Crippen LogP contribution in [0.3, 0.4) is 0 Å². The molecule has 0 spiro atoms. The number of aromatic hydroxyl groups is 1. The summed E-state index contributed by atoms with van der Waals surface area (Å²) in [6.45, 7) is -0.0965. The number of aliphatic hydroxyl groups excluding tert-OH is 1. The highest BCUT2D eigenvalue weighted by Gasteiger charge is 1.96. The number of aryl methyl sites for hydroxylation is 1. The van der Waals surface area contributed by atoms with Gasteiger partial charge in [-0.25, -0.2) is 0 Å². The molecule has 2 heteroatoms. The molecule has 0 saturated heterocycles. The van der Waals surface area contributed by atoms with Crippen molar-refractivity contribution in [2.24, 2.45) is 0 Å². The SMILES string of the molecule is OCC#CCCc1ccccc1O. The minimum absolute atomic E-state index is 0.0965. The molecule has 0 aromatic heterocycles. The predicted octanol–water partition coefficient (Wildman–Crippen LogP) is 1.32. The summed E-state index contributed by atoms with van der Waals surface area (Å²) in [6.07, 6.45) is 1.39. The van der Waals surface area contributed by atoms with Crippen molar-refractivity contribution in [2.75, 3.05) is 6.61 Å². The molecule has 0 heterocycles.